The van der Waals surface area contributed by atoms with Crippen LogP contribution in [0.25, 0.3) is 10.9 Å². The topological polar surface area (TPSA) is 77.4 Å². The van der Waals surface area contributed by atoms with E-state index in [1.807, 2.05) is 37.4 Å². The van der Waals surface area contributed by atoms with Gasteiger partial charge in [-0.2, -0.15) is 0 Å². The molecule has 4 rings (SSSR count). The summed E-state index contributed by atoms with van der Waals surface area (Å²) in [7, 11) is 0. The number of para-hydroxylation sites is 1. The lowest BCUT2D eigenvalue weighted by Gasteiger charge is -2.19. The molecule has 1 aromatic heterocycles. The van der Waals surface area contributed by atoms with Gasteiger partial charge in [0, 0.05) is 27.6 Å². The van der Waals surface area contributed by atoms with Gasteiger partial charge in [0.15, 0.2) is 11.5 Å². The van der Waals surface area contributed by atoms with E-state index in [9.17, 15) is 14.5 Å². The van der Waals surface area contributed by atoms with Crippen LogP contribution in [0.5, 0.6) is 11.5 Å². The van der Waals surface area contributed by atoms with Gasteiger partial charge in [-0.25, -0.2) is 4.39 Å². The first-order chi connectivity index (χ1) is 16.0. The zero-order valence-electron chi connectivity index (χ0n) is 17.9. The summed E-state index contributed by atoms with van der Waals surface area (Å²) in [5, 5.41) is 12.5. The van der Waals surface area contributed by atoms with Crippen molar-refractivity contribution in [2.45, 2.75) is 19.4 Å². The molecular weight excluding hydrogens is 491 g/mol. The Balaban J connectivity index is 1.74. The molecular formula is C25H22BrFN2O4. The van der Waals surface area contributed by atoms with Crippen molar-refractivity contribution in [1.82, 2.24) is 4.98 Å². The lowest BCUT2D eigenvalue weighted by Crippen LogP contribution is -2.14. The van der Waals surface area contributed by atoms with Crippen molar-refractivity contribution >= 4 is 26.8 Å². The van der Waals surface area contributed by atoms with E-state index in [4.69, 9.17) is 9.47 Å². The molecule has 0 radical (unpaired) electrons. The Kier molecular flexibility index (Phi) is 6.93. The van der Waals surface area contributed by atoms with Crippen LogP contribution in [0.3, 0.4) is 0 Å². The van der Waals surface area contributed by atoms with E-state index in [0.29, 0.717) is 33.7 Å². The van der Waals surface area contributed by atoms with Crippen molar-refractivity contribution in [2.75, 3.05) is 13.2 Å². The third kappa shape index (κ3) is 5.01. The number of hydrogen-bond acceptors (Lipinski definition) is 4. The second-order valence-corrected chi connectivity index (χ2v) is 8.35. The van der Waals surface area contributed by atoms with Crippen LogP contribution in [0.1, 0.15) is 29.5 Å². The van der Waals surface area contributed by atoms with Crippen LogP contribution in [-0.4, -0.2) is 23.1 Å². The average Bonchev–Trinajstić information content (AvgIpc) is 3.22. The second kappa shape index (κ2) is 10.0. The monoisotopic (exact) mass is 512 g/mol. The number of aromatic nitrogens is 1. The molecule has 0 unspecified atom stereocenters. The maximum Gasteiger partial charge on any atom is 0.214 e. The lowest BCUT2D eigenvalue weighted by atomic mass is 9.90. The molecule has 4 aromatic rings. The maximum absolute atomic E-state index is 14.0. The summed E-state index contributed by atoms with van der Waals surface area (Å²) >= 11 is 3.53. The van der Waals surface area contributed by atoms with Crippen molar-refractivity contribution in [3.05, 3.63) is 104 Å². The molecule has 170 valence electrons. The number of nitrogens with zero attached hydrogens (tertiary/aromatic N) is 1. The molecule has 0 amide bonds. The molecule has 0 spiro atoms. The lowest BCUT2D eigenvalue weighted by molar-refractivity contribution is -0.481. The molecule has 0 saturated carbocycles. The quantitative estimate of drug-likeness (QED) is 0.206. The van der Waals surface area contributed by atoms with Crippen LogP contribution in [0, 0.1) is 15.9 Å². The molecule has 1 atom stereocenters. The van der Waals surface area contributed by atoms with Crippen molar-refractivity contribution in [3.8, 4) is 11.5 Å². The molecule has 8 heteroatoms. The summed E-state index contributed by atoms with van der Waals surface area (Å²) < 4.78 is 26.3. The van der Waals surface area contributed by atoms with Crippen LogP contribution in [0.4, 0.5) is 4.39 Å². The highest BCUT2D eigenvalue weighted by Crippen LogP contribution is 2.41. The summed E-state index contributed by atoms with van der Waals surface area (Å²) in [5.41, 5.74) is 2.87. The highest BCUT2D eigenvalue weighted by Gasteiger charge is 2.26. The van der Waals surface area contributed by atoms with Gasteiger partial charge in [-0.15, -0.1) is 0 Å². The number of benzene rings is 3. The molecule has 0 saturated heterocycles. The van der Waals surface area contributed by atoms with E-state index in [2.05, 4.69) is 20.9 Å². The fourth-order valence-electron chi connectivity index (χ4n) is 3.87. The van der Waals surface area contributed by atoms with E-state index in [0.717, 1.165) is 16.5 Å². The van der Waals surface area contributed by atoms with Gasteiger partial charge in [-0.1, -0.05) is 36.4 Å². The minimum atomic E-state index is -0.507. The SMILES string of the molecule is CCOc1cc([C@H](C[N+](=O)[O-])c2c[nH]c3ccccc23)cc(Br)c1OCc1ccccc1F. The van der Waals surface area contributed by atoms with Gasteiger partial charge < -0.3 is 14.5 Å². The van der Waals surface area contributed by atoms with E-state index in [1.54, 1.807) is 30.3 Å². The number of hydrogen-bond donors (Lipinski definition) is 1. The maximum atomic E-state index is 14.0. The van der Waals surface area contributed by atoms with Crippen molar-refractivity contribution < 1.29 is 18.8 Å². The van der Waals surface area contributed by atoms with Gasteiger partial charge >= 0.3 is 0 Å². The van der Waals surface area contributed by atoms with Crippen molar-refractivity contribution in [1.29, 1.82) is 0 Å². The van der Waals surface area contributed by atoms with Gasteiger partial charge in [0.05, 0.1) is 17.0 Å². The number of halogens is 2. The van der Waals surface area contributed by atoms with Crippen LogP contribution in [-0.2, 0) is 6.61 Å². The zero-order chi connectivity index (χ0) is 23.4. The van der Waals surface area contributed by atoms with Crippen LogP contribution in [0.2, 0.25) is 0 Å². The van der Waals surface area contributed by atoms with Gasteiger partial charge in [-0.05, 0) is 58.2 Å². The molecule has 1 heterocycles. The van der Waals surface area contributed by atoms with Crippen molar-refractivity contribution in [2.24, 2.45) is 0 Å². The highest BCUT2D eigenvalue weighted by atomic mass is 79.9. The average molecular weight is 513 g/mol. The third-order valence-electron chi connectivity index (χ3n) is 5.39. The summed E-state index contributed by atoms with van der Waals surface area (Å²) in [5.74, 6) is -0.00473. The minimum absolute atomic E-state index is 0.0193. The molecule has 0 aliphatic carbocycles. The zero-order valence-corrected chi connectivity index (χ0v) is 19.5. The fourth-order valence-corrected chi connectivity index (χ4v) is 4.45. The number of rotatable bonds is 9. The molecule has 6 nitrogen and oxygen atoms in total. The van der Waals surface area contributed by atoms with E-state index >= 15 is 0 Å². The molecule has 1 N–H and O–H groups in total. The molecule has 3 aromatic carbocycles. The normalized spacial score (nSPS) is 12.0. The number of aromatic amines is 1. The Hall–Kier alpha value is -3.39. The van der Waals surface area contributed by atoms with Gasteiger partial charge in [0.2, 0.25) is 6.54 Å². The van der Waals surface area contributed by atoms with Crippen LogP contribution < -0.4 is 9.47 Å². The first-order valence-electron chi connectivity index (χ1n) is 10.5. The largest absolute Gasteiger partial charge is 0.490 e. The standard InChI is InChI=1S/C25H22BrFN2O4/c1-2-32-24-12-17(11-21(26)25(24)33-15-16-7-3-5-9-22(16)27)20(14-29(30)31)19-13-28-23-10-6-4-8-18(19)23/h3-13,20,28H,2,14-15H2,1H3/t20-/m0/s1. The summed E-state index contributed by atoms with van der Waals surface area (Å²) in [4.78, 5) is 14.4. The van der Waals surface area contributed by atoms with Crippen molar-refractivity contribution in [3.63, 3.8) is 0 Å². The summed E-state index contributed by atoms with van der Waals surface area (Å²) in [6.45, 7) is 1.95. The molecule has 0 fully saturated rings. The van der Waals surface area contributed by atoms with E-state index in [1.165, 1.54) is 6.07 Å². The minimum Gasteiger partial charge on any atom is -0.490 e. The summed E-state index contributed by atoms with van der Waals surface area (Å²) in [6.07, 6.45) is 1.82. The first kappa shape index (κ1) is 22.8. The Morgan fingerprint density at radius 2 is 1.88 bits per heavy atom. The van der Waals surface area contributed by atoms with Crippen LogP contribution in [0.15, 0.2) is 71.3 Å². The Morgan fingerprint density at radius 1 is 1.12 bits per heavy atom. The predicted molar refractivity (Wildman–Crippen MR) is 128 cm³/mol. The predicted octanol–water partition coefficient (Wildman–Crippen LogP) is 6.46. The molecule has 33 heavy (non-hydrogen) atoms. The number of ether oxygens (including phenoxy) is 2. The Labute approximate surface area is 198 Å². The second-order valence-electron chi connectivity index (χ2n) is 7.50. The number of fused-ring (bicyclic) bond motifs is 1. The molecule has 0 bridgehead atoms. The third-order valence-corrected chi connectivity index (χ3v) is 5.98. The number of nitro groups is 1. The Bertz CT molecular complexity index is 1290. The number of H-pyrrole nitrogens is 1. The number of nitrogens with one attached hydrogen (secondary N) is 1. The fraction of sp³-hybridized carbons (Fsp3) is 0.200. The smallest absolute Gasteiger partial charge is 0.214 e. The van der Waals surface area contributed by atoms with E-state index < -0.39 is 5.92 Å². The molecule has 0 aliphatic heterocycles. The van der Waals surface area contributed by atoms with Crippen LogP contribution >= 0.6 is 15.9 Å². The summed E-state index contributed by atoms with van der Waals surface area (Å²) in [6, 6.07) is 17.7. The highest BCUT2D eigenvalue weighted by molar-refractivity contribution is 9.10. The molecule has 0 aliphatic rings. The van der Waals surface area contributed by atoms with Gasteiger partial charge in [0.1, 0.15) is 12.4 Å². The van der Waals surface area contributed by atoms with Gasteiger partial charge in [-0.3, -0.25) is 10.1 Å². The van der Waals surface area contributed by atoms with Gasteiger partial charge in [0.25, 0.3) is 0 Å². The Morgan fingerprint density at radius 3 is 2.64 bits per heavy atom. The first-order valence-corrected chi connectivity index (χ1v) is 11.3. The van der Waals surface area contributed by atoms with E-state index in [-0.39, 0.29) is 23.9 Å².